The molecule has 98 valence electrons. The molecule has 0 atom stereocenters. The van der Waals surface area contributed by atoms with E-state index in [4.69, 9.17) is 0 Å². The van der Waals surface area contributed by atoms with Crippen LogP contribution in [0, 0.1) is 0 Å². The minimum Gasteiger partial charge on any atom is -0.315 e. The molecule has 0 aromatic carbocycles. The van der Waals surface area contributed by atoms with Crippen LogP contribution in [0.25, 0.3) is 0 Å². The smallest absolute Gasteiger partial charge is 0.0107 e. The van der Waals surface area contributed by atoms with Crippen molar-refractivity contribution >= 4 is 11.3 Å². The highest BCUT2D eigenvalue weighted by Gasteiger charge is 2.01. The summed E-state index contributed by atoms with van der Waals surface area (Å²) in [4.78, 5) is 2.55. The van der Waals surface area contributed by atoms with Crippen molar-refractivity contribution in [3.05, 3.63) is 22.4 Å². The van der Waals surface area contributed by atoms with Crippen LogP contribution in [0.5, 0.6) is 0 Å². The third-order valence-electron chi connectivity index (χ3n) is 2.86. The van der Waals surface area contributed by atoms with E-state index in [1.54, 1.807) is 11.3 Å². The van der Waals surface area contributed by atoms with E-state index in [0.29, 0.717) is 0 Å². The molecule has 0 aliphatic heterocycles. The van der Waals surface area contributed by atoms with Gasteiger partial charge in [0.2, 0.25) is 0 Å². The summed E-state index contributed by atoms with van der Waals surface area (Å²) in [5.74, 6) is 0. The Kier molecular flexibility index (Phi) is 8.32. The Balaban J connectivity index is 2.01. The summed E-state index contributed by atoms with van der Waals surface area (Å²) in [5.41, 5.74) is 1.46. The SMILES string of the molecule is CCCN(CCC)CCNCCc1ccsc1. The summed E-state index contributed by atoms with van der Waals surface area (Å²) in [6.07, 6.45) is 3.68. The van der Waals surface area contributed by atoms with Gasteiger partial charge in [-0.05, 0) is 61.3 Å². The topological polar surface area (TPSA) is 15.3 Å². The fourth-order valence-corrected chi connectivity index (χ4v) is 2.70. The first-order chi connectivity index (χ1) is 8.36. The molecule has 0 aliphatic carbocycles. The van der Waals surface area contributed by atoms with Crippen molar-refractivity contribution in [1.82, 2.24) is 10.2 Å². The van der Waals surface area contributed by atoms with Crippen LogP contribution >= 0.6 is 11.3 Å². The van der Waals surface area contributed by atoms with E-state index in [1.807, 2.05) is 0 Å². The average Bonchev–Trinajstić information content (AvgIpc) is 2.82. The predicted octanol–water partition coefficient (Wildman–Crippen LogP) is 3.00. The molecule has 1 rings (SSSR count). The summed E-state index contributed by atoms with van der Waals surface area (Å²) in [7, 11) is 0. The minimum absolute atomic E-state index is 1.10. The number of nitrogens with zero attached hydrogens (tertiary/aromatic N) is 1. The Bertz CT molecular complexity index is 253. The lowest BCUT2D eigenvalue weighted by Gasteiger charge is -2.20. The maximum absolute atomic E-state index is 3.53. The van der Waals surface area contributed by atoms with Crippen molar-refractivity contribution in [2.45, 2.75) is 33.1 Å². The predicted molar refractivity (Wildman–Crippen MR) is 77.9 cm³/mol. The van der Waals surface area contributed by atoms with Gasteiger partial charge in [0.15, 0.2) is 0 Å². The van der Waals surface area contributed by atoms with Crippen LogP contribution in [-0.2, 0) is 6.42 Å². The van der Waals surface area contributed by atoms with Crippen molar-refractivity contribution < 1.29 is 0 Å². The highest BCUT2D eigenvalue weighted by Crippen LogP contribution is 2.05. The molecule has 0 saturated heterocycles. The maximum Gasteiger partial charge on any atom is 0.0107 e. The van der Waals surface area contributed by atoms with Crippen LogP contribution < -0.4 is 5.32 Å². The quantitative estimate of drug-likeness (QED) is 0.646. The van der Waals surface area contributed by atoms with Gasteiger partial charge in [-0.25, -0.2) is 0 Å². The van der Waals surface area contributed by atoms with Crippen LogP contribution in [0.1, 0.15) is 32.3 Å². The summed E-state index contributed by atoms with van der Waals surface area (Å²) in [5, 5.41) is 7.92. The first kappa shape index (κ1) is 14.7. The number of hydrogen-bond donors (Lipinski definition) is 1. The monoisotopic (exact) mass is 254 g/mol. The van der Waals surface area contributed by atoms with E-state index in [1.165, 1.54) is 38.0 Å². The molecule has 0 fully saturated rings. The van der Waals surface area contributed by atoms with Gasteiger partial charge in [0.05, 0.1) is 0 Å². The zero-order valence-electron chi connectivity index (χ0n) is 11.2. The highest BCUT2D eigenvalue weighted by molar-refractivity contribution is 7.07. The van der Waals surface area contributed by atoms with E-state index in [-0.39, 0.29) is 0 Å². The van der Waals surface area contributed by atoms with Crippen molar-refractivity contribution in [2.75, 3.05) is 32.7 Å². The van der Waals surface area contributed by atoms with E-state index < -0.39 is 0 Å². The molecule has 2 nitrogen and oxygen atoms in total. The van der Waals surface area contributed by atoms with Crippen molar-refractivity contribution in [3.63, 3.8) is 0 Å². The lowest BCUT2D eigenvalue weighted by atomic mass is 10.2. The van der Waals surface area contributed by atoms with Gasteiger partial charge in [0, 0.05) is 13.1 Å². The summed E-state index contributed by atoms with van der Waals surface area (Å²) >= 11 is 1.79. The van der Waals surface area contributed by atoms with Gasteiger partial charge >= 0.3 is 0 Å². The molecule has 1 aromatic rings. The third kappa shape index (κ3) is 6.81. The number of nitrogens with one attached hydrogen (secondary N) is 1. The Morgan fingerprint density at radius 2 is 1.88 bits per heavy atom. The Hall–Kier alpha value is -0.380. The van der Waals surface area contributed by atoms with Crippen molar-refractivity contribution in [3.8, 4) is 0 Å². The molecule has 1 heterocycles. The largest absolute Gasteiger partial charge is 0.315 e. The molecule has 0 aliphatic rings. The van der Waals surface area contributed by atoms with Gasteiger partial charge < -0.3 is 10.2 Å². The average molecular weight is 254 g/mol. The van der Waals surface area contributed by atoms with E-state index >= 15 is 0 Å². The summed E-state index contributed by atoms with van der Waals surface area (Å²) < 4.78 is 0. The number of rotatable bonds is 10. The van der Waals surface area contributed by atoms with Gasteiger partial charge in [-0.3, -0.25) is 0 Å². The van der Waals surface area contributed by atoms with Gasteiger partial charge in [-0.15, -0.1) is 0 Å². The lowest BCUT2D eigenvalue weighted by molar-refractivity contribution is 0.274. The lowest BCUT2D eigenvalue weighted by Crippen LogP contribution is -2.34. The molecule has 0 spiro atoms. The Morgan fingerprint density at radius 1 is 1.12 bits per heavy atom. The number of thiophene rings is 1. The maximum atomic E-state index is 3.53. The van der Waals surface area contributed by atoms with E-state index in [0.717, 1.165) is 19.5 Å². The van der Waals surface area contributed by atoms with Crippen LogP contribution in [-0.4, -0.2) is 37.6 Å². The molecular formula is C14H26N2S. The van der Waals surface area contributed by atoms with Crippen LogP contribution in [0.2, 0.25) is 0 Å². The molecule has 0 amide bonds. The zero-order chi connectivity index (χ0) is 12.3. The second kappa shape index (κ2) is 9.63. The molecule has 3 heteroatoms. The first-order valence-corrected chi connectivity index (χ1v) is 7.75. The van der Waals surface area contributed by atoms with Crippen molar-refractivity contribution in [1.29, 1.82) is 0 Å². The summed E-state index contributed by atoms with van der Waals surface area (Å²) in [6, 6.07) is 2.22. The Morgan fingerprint density at radius 3 is 2.47 bits per heavy atom. The molecule has 0 radical (unpaired) electrons. The van der Waals surface area contributed by atoms with Crippen LogP contribution in [0.3, 0.4) is 0 Å². The standard InChI is InChI=1S/C14H26N2S/c1-3-9-16(10-4-2)11-8-15-7-5-14-6-12-17-13-14/h6,12-13,15H,3-5,7-11H2,1-2H3. The fraction of sp³-hybridized carbons (Fsp3) is 0.714. The van der Waals surface area contributed by atoms with Crippen LogP contribution in [0.15, 0.2) is 16.8 Å². The Labute approximate surface area is 110 Å². The molecule has 0 saturated carbocycles. The van der Waals surface area contributed by atoms with Gasteiger partial charge in [-0.2, -0.15) is 11.3 Å². The first-order valence-electron chi connectivity index (χ1n) is 6.81. The molecule has 0 bridgehead atoms. The van der Waals surface area contributed by atoms with Crippen LogP contribution in [0.4, 0.5) is 0 Å². The normalized spacial score (nSPS) is 11.2. The van der Waals surface area contributed by atoms with Gasteiger partial charge in [-0.1, -0.05) is 13.8 Å². The van der Waals surface area contributed by atoms with E-state index in [2.05, 4.69) is 40.9 Å². The van der Waals surface area contributed by atoms with Crippen molar-refractivity contribution in [2.24, 2.45) is 0 Å². The van der Waals surface area contributed by atoms with E-state index in [9.17, 15) is 0 Å². The zero-order valence-corrected chi connectivity index (χ0v) is 12.1. The van der Waals surface area contributed by atoms with Gasteiger partial charge in [0.25, 0.3) is 0 Å². The second-order valence-corrected chi connectivity index (χ2v) is 5.25. The summed E-state index contributed by atoms with van der Waals surface area (Å²) in [6.45, 7) is 10.4. The molecular weight excluding hydrogens is 228 g/mol. The fourth-order valence-electron chi connectivity index (χ4n) is 2.00. The second-order valence-electron chi connectivity index (χ2n) is 4.47. The molecule has 1 N–H and O–H groups in total. The third-order valence-corrected chi connectivity index (χ3v) is 3.59. The molecule has 0 unspecified atom stereocenters. The number of hydrogen-bond acceptors (Lipinski definition) is 3. The highest BCUT2D eigenvalue weighted by atomic mass is 32.1. The minimum atomic E-state index is 1.10. The molecule has 1 aromatic heterocycles. The van der Waals surface area contributed by atoms with Gasteiger partial charge in [0.1, 0.15) is 0 Å². The molecule has 17 heavy (non-hydrogen) atoms.